The van der Waals surface area contributed by atoms with E-state index in [4.69, 9.17) is 0 Å². The standard InChI is InChI=1S/C20H17N3O2/c1-18(2)15-4-5-20(11-23)8-12(9-21)14(24)6-16(20)19(15,3)7-13(10-22)17(18)25/h6-8,15H,4-5H2,1-3H3/t15-,19?,20-/m0/s1. The molecular weight excluding hydrogens is 314 g/mol. The van der Waals surface area contributed by atoms with E-state index in [1.54, 1.807) is 6.08 Å². The first-order chi connectivity index (χ1) is 11.7. The van der Waals surface area contributed by atoms with Crippen molar-refractivity contribution in [3.63, 3.8) is 0 Å². The van der Waals surface area contributed by atoms with Gasteiger partial charge in [0.2, 0.25) is 0 Å². The van der Waals surface area contributed by atoms with Crippen molar-refractivity contribution < 1.29 is 9.59 Å². The zero-order chi connectivity index (χ0) is 18.6. The van der Waals surface area contributed by atoms with E-state index in [0.717, 1.165) is 0 Å². The van der Waals surface area contributed by atoms with Crippen molar-refractivity contribution in [3.8, 4) is 18.2 Å². The first kappa shape index (κ1) is 16.9. The highest BCUT2D eigenvalue weighted by Gasteiger charge is 2.60. The van der Waals surface area contributed by atoms with Crippen molar-refractivity contribution in [2.24, 2.45) is 22.2 Å². The molecule has 3 aliphatic carbocycles. The molecule has 0 aliphatic heterocycles. The van der Waals surface area contributed by atoms with Crippen LogP contribution in [-0.2, 0) is 9.59 Å². The summed E-state index contributed by atoms with van der Waals surface area (Å²) in [7, 11) is 0. The maximum atomic E-state index is 12.7. The number of carbonyl (C=O) groups excluding carboxylic acids is 2. The molecule has 0 aromatic heterocycles. The summed E-state index contributed by atoms with van der Waals surface area (Å²) in [5, 5.41) is 28.5. The van der Waals surface area contributed by atoms with E-state index in [0.29, 0.717) is 18.4 Å². The number of nitrogens with zero attached hydrogens (tertiary/aromatic N) is 3. The fourth-order valence-corrected chi connectivity index (χ4v) is 4.91. The van der Waals surface area contributed by atoms with Gasteiger partial charge in [-0.15, -0.1) is 0 Å². The van der Waals surface area contributed by atoms with Crippen molar-refractivity contribution in [1.82, 2.24) is 0 Å². The van der Waals surface area contributed by atoms with Crippen LogP contribution in [0.1, 0.15) is 33.6 Å². The number of fused-ring (bicyclic) bond motifs is 3. The Hall–Kier alpha value is -2.97. The van der Waals surface area contributed by atoms with Gasteiger partial charge in [-0.2, -0.15) is 15.8 Å². The number of hydrogen-bond acceptors (Lipinski definition) is 5. The van der Waals surface area contributed by atoms with Crippen LogP contribution in [0.25, 0.3) is 0 Å². The van der Waals surface area contributed by atoms with E-state index >= 15 is 0 Å². The monoisotopic (exact) mass is 331 g/mol. The van der Waals surface area contributed by atoms with E-state index in [9.17, 15) is 25.4 Å². The zero-order valence-electron chi connectivity index (χ0n) is 14.4. The summed E-state index contributed by atoms with van der Waals surface area (Å²) in [6.07, 6.45) is 5.51. The summed E-state index contributed by atoms with van der Waals surface area (Å²) in [4.78, 5) is 25.0. The van der Waals surface area contributed by atoms with Gasteiger partial charge in [0.05, 0.1) is 22.6 Å². The van der Waals surface area contributed by atoms with Crippen LogP contribution in [0, 0.1) is 56.2 Å². The molecule has 1 fully saturated rings. The Balaban J connectivity index is 2.31. The van der Waals surface area contributed by atoms with Crippen molar-refractivity contribution in [1.29, 1.82) is 15.8 Å². The summed E-state index contributed by atoms with van der Waals surface area (Å²) >= 11 is 0. The normalized spacial score (nSPS) is 35.7. The molecule has 5 nitrogen and oxygen atoms in total. The molecule has 0 amide bonds. The van der Waals surface area contributed by atoms with Crippen molar-refractivity contribution >= 4 is 11.6 Å². The lowest BCUT2D eigenvalue weighted by molar-refractivity contribution is -0.130. The van der Waals surface area contributed by atoms with Gasteiger partial charge in [0.25, 0.3) is 0 Å². The van der Waals surface area contributed by atoms with Crippen LogP contribution in [0.5, 0.6) is 0 Å². The molecule has 0 aromatic rings. The molecule has 3 aliphatic rings. The van der Waals surface area contributed by atoms with E-state index in [1.807, 2.05) is 32.9 Å². The average molecular weight is 331 g/mol. The largest absolute Gasteiger partial charge is 0.293 e. The second-order valence-electron chi connectivity index (χ2n) is 7.77. The summed E-state index contributed by atoms with van der Waals surface area (Å²) in [5.41, 5.74) is -1.93. The Labute approximate surface area is 146 Å². The number of rotatable bonds is 0. The number of hydrogen-bond donors (Lipinski definition) is 0. The topological polar surface area (TPSA) is 106 Å². The SMILES string of the molecule is CC1(C)C(=O)C(C#N)=CC2(C)C3=CC(=O)C(C#N)=C[C@]3(C#N)CC[C@@H]12. The van der Waals surface area contributed by atoms with Crippen LogP contribution < -0.4 is 0 Å². The van der Waals surface area contributed by atoms with Crippen molar-refractivity contribution in [2.45, 2.75) is 33.6 Å². The van der Waals surface area contributed by atoms with E-state index in [2.05, 4.69) is 6.07 Å². The van der Waals surface area contributed by atoms with Gasteiger partial charge in [-0.1, -0.05) is 26.8 Å². The Bertz CT molecular complexity index is 929. The zero-order valence-corrected chi connectivity index (χ0v) is 14.4. The predicted molar refractivity (Wildman–Crippen MR) is 88.1 cm³/mol. The third-order valence-corrected chi connectivity index (χ3v) is 6.13. The lowest BCUT2D eigenvalue weighted by Crippen LogP contribution is -2.53. The fourth-order valence-electron chi connectivity index (χ4n) is 4.91. The van der Waals surface area contributed by atoms with E-state index in [1.165, 1.54) is 12.2 Å². The molecule has 0 aromatic carbocycles. The van der Waals surface area contributed by atoms with E-state index in [-0.39, 0.29) is 22.8 Å². The van der Waals surface area contributed by atoms with Crippen molar-refractivity contribution in [2.75, 3.05) is 0 Å². The van der Waals surface area contributed by atoms with Crippen LogP contribution in [-0.4, -0.2) is 11.6 Å². The fraction of sp³-hybridized carbons (Fsp3) is 0.450. The molecule has 0 spiro atoms. The molecule has 1 unspecified atom stereocenters. The van der Waals surface area contributed by atoms with Crippen LogP contribution >= 0.6 is 0 Å². The van der Waals surface area contributed by atoms with Gasteiger partial charge in [-0.05, 0) is 36.5 Å². The second kappa shape index (κ2) is 5.01. The van der Waals surface area contributed by atoms with Gasteiger partial charge in [0.15, 0.2) is 11.6 Å². The molecule has 3 atom stereocenters. The first-order valence-corrected chi connectivity index (χ1v) is 8.15. The molecular formula is C20H17N3O2. The van der Waals surface area contributed by atoms with Crippen LogP contribution in [0.3, 0.4) is 0 Å². The average Bonchev–Trinajstić information content (AvgIpc) is 2.58. The van der Waals surface area contributed by atoms with Gasteiger partial charge in [-0.25, -0.2) is 0 Å². The molecule has 124 valence electrons. The predicted octanol–water partition coefficient (Wildman–Crippen LogP) is 2.93. The lowest BCUT2D eigenvalue weighted by atomic mass is 9.45. The Morgan fingerprint density at radius 1 is 1.04 bits per heavy atom. The van der Waals surface area contributed by atoms with Gasteiger partial charge in [-0.3, -0.25) is 9.59 Å². The van der Waals surface area contributed by atoms with Gasteiger partial charge in [0, 0.05) is 10.8 Å². The van der Waals surface area contributed by atoms with Crippen molar-refractivity contribution in [3.05, 3.63) is 34.9 Å². The minimum absolute atomic E-state index is 0.0250. The number of allylic oxidation sites excluding steroid dienone is 6. The van der Waals surface area contributed by atoms with Crippen LogP contribution in [0.2, 0.25) is 0 Å². The number of ketones is 2. The Morgan fingerprint density at radius 2 is 1.68 bits per heavy atom. The summed E-state index contributed by atoms with van der Waals surface area (Å²) in [6, 6.07) is 6.13. The maximum absolute atomic E-state index is 12.7. The summed E-state index contributed by atoms with van der Waals surface area (Å²) in [5.74, 6) is -0.744. The third kappa shape index (κ3) is 1.98. The maximum Gasteiger partial charge on any atom is 0.196 e. The van der Waals surface area contributed by atoms with Crippen LogP contribution in [0.15, 0.2) is 34.9 Å². The molecule has 0 radical (unpaired) electrons. The second-order valence-corrected chi connectivity index (χ2v) is 7.77. The van der Waals surface area contributed by atoms with Gasteiger partial charge >= 0.3 is 0 Å². The van der Waals surface area contributed by atoms with Crippen LogP contribution in [0.4, 0.5) is 0 Å². The molecule has 0 N–H and O–H groups in total. The number of Topliss-reactive ketones (excluding diaryl/α,β-unsaturated/α-hetero) is 1. The molecule has 0 saturated heterocycles. The quantitative estimate of drug-likeness (QED) is 0.678. The minimum Gasteiger partial charge on any atom is -0.293 e. The molecule has 3 rings (SSSR count). The highest BCUT2D eigenvalue weighted by Crippen LogP contribution is 2.63. The third-order valence-electron chi connectivity index (χ3n) is 6.13. The molecule has 5 heteroatoms. The minimum atomic E-state index is -1.04. The molecule has 1 saturated carbocycles. The molecule has 0 heterocycles. The number of carbonyl (C=O) groups is 2. The Kier molecular flexibility index (Phi) is 3.38. The highest BCUT2D eigenvalue weighted by atomic mass is 16.1. The first-order valence-electron chi connectivity index (χ1n) is 8.15. The lowest BCUT2D eigenvalue weighted by Gasteiger charge is -2.55. The number of nitriles is 3. The van der Waals surface area contributed by atoms with Gasteiger partial charge < -0.3 is 0 Å². The highest BCUT2D eigenvalue weighted by molar-refractivity contribution is 6.09. The van der Waals surface area contributed by atoms with E-state index < -0.39 is 22.0 Å². The molecule has 0 bridgehead atoms. The molecule has 25 heavy (non-hydrogen) atoms. The summed E-state index contributed by atoms with van der Waals surface area (Å²) in [6.45, 7) is 5.53. The Morgan fingerprint density at radius 3 is 2.24 bits per heavy atom. The summed E-state index contributed by atoms with van der Waals surface area (Å²) < 4.78 is 0. The van der Waals surface area contributed by atoms with Gasteiger partial charge in [0.1, 0.15) is 12.1 Å². The smallest absolute Gasteiger partial charge is 0.196 e.